The normalized spacial score (nSPS) is 11.2. The molecule has 0 saturated heterocycles. The molecule has 0 aliphatic rings. The molecule has 8 nitrogen and oxygen atoms in total. The number of hydrogen-bond acceptors (Lipinski definition) is 6. The number of urea groups is 1. The Morgan fingerprint density at radius 3 is 2.70 bits per heavy atom. The van der Waals surface area contributed by atoms with E-state index in [2.05, 4.69) is 15.0 Å². The number of carbonyl (C=O) groups is 1. The number of rotatable bonds is 6. The number of halogens is 1. The first-order chi connectivity index (χ1) is 14.2. The Morgan fingerprint density at radius 2 is 2.00 bits per heavy atom. The molecule has 3 rings (SSSR count). The van der Waals surface area contributed by atoms with Gasteiger partial charge < -0.3 is 4.74 Å². The minimum atomic E-state index is -3.66. The summed E-state index contributed by atoms with van der Waals surface area (Å²) in [6.45, 7) is 1.67. The lowest BCUT2D eigenvalue weighted by atomic mass is 10.2. The molecular formula is C19H19FN4O4S2. The van der Waals surface area contributed by atoms with Crippen LogP contribution >= 0.6 is 11.3 Å². The Balaban J connectivity index is 1.72. The molecule has 1 heterocycles. The number of amides is 2. The van der Waals surface area contributed by atoms with Gasteiger partial charge in [0.25, 0.3) is 0 Å². The molecule has 3 aromatic rings. The second kappa shape index (κ2) is 8.78. The maximum absolute atomic E-state index is 13.3. The number of thiazole rings is 1. The van der Waals surface area contributed by atoms with E-state index in [-0.39, 0.29) is 10.0 Å². The van der Waals surface area contributed by atoms with Gasteiger partial charge in [0.05, 0.1) is 11.1 Å². The van der Waals surface area contributed by atoms with Gasteiger partial charge in [-0.2, -0.15) is 0 Å². The second-order valence-corrected chi connectivity index (χ2v) is 9.04. The molecule has 2 aromatic carbocycles. The van der Waals surface area contributed by atoms with Gasteiger partial charge >= 0.3 is 6.03 Å². The van der Waals surface area contributed by atoms with Crippen LogP contribution in [0.2, 0.25) is 0 Å². The number of nitrogens with one attached hydrogen (secondary N) is 2. The fourth-order valence-electron chi connectivity index (χ4n) is 2.50. The number of anilines is 2. The number of benzene rings is 2. The third kappa shape index (κ3) is 4.93. The van der Waals surface area contributed by atoms with Crippen LogP contribution in [0.5, 0.6) is 10.8 Å². The van der Waals surface area contributed by atoms with E-state index in [0.717, 1.165) is 11.3 Å². The van der Waals surface area contributed by atoms with Gasteiger partial charge in [0.15, 0.2) is 5.13 Å². The zero-order valence-electron chi connectivity index (χ0n) is 16.3. The first-order valence-corrected chi connectivity index (χ1v) is 11.0. The molecule has 2 amide bonds. The van der Waals surface area contributed by atoms with E-state index < -0.39 is 21.9 Å². The van der Waals surface area contributed by atoms with Gasteiger partial charge in [-0.05, 0) is 43.8 Å². The number of ether oxygens (including phenoxy) is 1. The molecule has 0 atom stereocenters. The highest BCUT2D eigenvalue weighted by molar-refractivity contribution is 7.89. The summed E-state index contributed by atoms with van der Waals surface area (Å²) in [5.74, 6) is -0.114. The van der Waals surface area contributed by atoms with Crippen LogP contribution in [0.15, 0.2) is 53.6 Å². The van der Waals surface area contributed by atoms with Crippen molar-refractivity contribution in [2.45, 2.75) is 11.8 Å². The highest BCUT2D eigenvalue weighted by atomic mass is 32.2. The van der Waals surface area contributed by atoms with Crippen molar-refractivity contribution in [3.05, 3.63) is 60.0 Å². The van der Waals surface area contributed by atoms with Crippen LogP contribution in [0.4, 0.5) is 20.0 Å². The van der Waals surface area contributed by atoms with Crippen molar-refractivity contribution in [2.75, 3.05) is 24.3 Å². The summed E-state index contributed by atoms with van der Waals surface area (Å²) >= 11 is 1.07. The molecule has 0 radical (unpaired) electrons. The van der Waals surface area contributed by atoms with E-state index >= 15 is 0 Å². The lowest BCUT2D eigenvalue weighted by Gasteiger charge is -2.18. The van der Waals surface area contributed by atoms with Crippen LogP contribution < -0.4 is 19.7 Å². The quantitative estimate of drug-likeness (QED) is 0.592. The predicted molar refractivity (Wildman–Crippen MR) is 113 cm³/mol. The zero-order valence-corrected chi connectivity index (χ0v) is 18.0. The van der Waals surface area contributed by atoms with Gasteiger partial charge in [0.2, 0.25) is 15.1 Å². The molecule has 0 saturated carbocycles. The third-order valence-corrected chi connectivity index (χ3v) is 6.48. The number of aryl methyl sites for hydroxylation is 1. The summed E-state index contributed by atoms with van der Waals surface area (Å²) in [6, 6.07) is 9.83. The van der Waals surface area contributed by atoms with Crippen molar-refractivity contribution >= 4 is 38.2 Å². The lowest BCUT2D eigenvalue weighted by molar-refractivity contribution is 0.258. The number of carbonyl (C=O) groups excluding carboxylic acids is 1. The number of aromatic nitrogens is 1. The second-order valence-electron chi connectivity index (χ2n) is 6.19. The highest BCUT2D eigenvalue weighted by Crippen LogP contribution is 2.31. The van der Waals surface area contributed by atoms with Gasteiger partial charge in [0, 0.05) is 18.8 Å². The van der Waals surface area contributed by atoms with Crippen molar-refractivity contribution in [1.29, 1.82) is 0 Å². The minimum Gasteiger partial charge on any atom is -0.445 e. The maximum atomic E-state index is 13.3. The lowest BCUT2D eigenvalue weighted by Crippen LogP contribution is -2.31. The SMILES string of the molecule is CNS(=O)(=O)c1cc(N(C)C(=O)Nc2ncc(Oc3cccc(F)c3)s2)ccc1C. The molecule has 30 heavy (non-hydrogen) atoms. The molecule has 1 aromatic heterocycles. The summed E-state index contributed by atoms with van der Waals surface area (Å²) in [5, 5.41) is 3.26. The van der Waals surface area contributed by atoms with Crippen LogP contribution in [0, 0.1) is 12.7 Å². The summed E-state index contributed by atoms with van der Waals surface area (Å²) in [4.78, 5) is 18.0. The van der Waals surface area contributed by atoms with Gasteiger partial charge in [-0.15, -0.1) is 0 Å². The van der Waals surface area contributed by atoms with E-state index in [1.54, 1.807) is 25.1 Å². The molecule has 0 aliphatic carbocycles. The minimum absolute atomic E-state index is 0.0854. The van der Waals surface area contributed by atoms with Crippen molar-refractivity contribution < 1.29 is 22.3 Å². The summed E-state index contributed by atoms with van der Waals surface area (Å²) < 4.78 is 45.4. The monoisotopic (exact) mass is 450 g/mol. The van der Waals surface area contributed by atoms with Gasteiger partial charge in [0.1, 0.15) is 11.6 Å². The molecule has 0 spiro atoms. The Bertz CT molecular complexity index is 1180. The van der Waals surface area contributed by atoms with Crippen LogP contribution in [0.25, 0.3) is 0 Å². The van der Waals surface area contributed by atoms with Crippen LogP contribution in [-0.2, 0) is 10.0 Å². The fraction of sp³-hybridized carbons (Fsp3) is 0.158. The van der Waals surface area contributed by atoms with E-state index in [1.165, 1.54) is 49.5 Å². The third-order valence-electron chi connectivity index (χ3n) is 4.13. The first kappa shape index (κ1) is 21.7. The Hall–Kier alpha value is -3.02. The molecule has 2 N–H and O–H groups in total. The van der Waals surface area contributed by atoms with E-state index in [1.807, 2.05) is 0 Å². The Kier molecular flexibility index (Phi) is 6.34. The molecule has 0 unspecified atom stereocenters. The number of sulfonamides is 1. The Morgan fingerprint density at radius 1 is 1.23 bits per heavy atom. The fourth-order valence-corrected chi connectivity index (χ4v) is 4.17. The molecule has 158 valence electrons. The summed E-state index contributed by atoms with van der Waals surface area (Å²) in [5.41, 5.74) is 0.945. The smallest absolute Gasteiger partial charge is 0.327 e. The number of hydrogen-bond donors (Lipinski definition) is 2. The largest absolute Gasteiger partial charge is 0.445 e. The van der Waals surface area contributed by atoms with Crippen LogP contribution in [0.3, 0.4) is 0 Å². The first-order valence-electron chi connectivity index (χ1n) is 8.68. The van der Waals surface area contributed by atoms with Crippen LogP contribution in [-0.4, -0.2) is 33.5 Å². The van der Waals surface area contributed by atoms with E-state index in [0.29, 0.717) is 22.1 Å². The standard InChI is InChI=1S/C19H19FN4O4S2/c1-12-7-8-14(10-16(12)30(26,27)21-2)24(3)19(25)23-18-22-11-17(29-18)28-15-6-4-5-13(20)9-15/h4-11,21H,1-3H3,(H,22,23,25). The maximum Gasteiger partial charge on any atom is 0.327 e. The molecular weight excluding hydrogens is 431 g/mol. The average Bonchev–Trinajstić information content (AvgIpc) is 3.14. The summed E-state index contributed by atoms with van der Waals surface area (Å²) in [7, 11) is -0.830. The van der Waals surface area contributed by atoms with E-state index in [4.69, 9.17) is 4.74 Å². The van der Waals surface area contributed by atoms with E-state index in [9.17, 15) is 17.6 Å². The van der Waals surface area contributed by atoms with Crippen molar-refractivity contribution in [1.82, 2.24) is 9.71 Å². The molecule has 0 bridgehead atoms. The number of nitrogens with zero attached hydrogens (tertiary/aromatic N) is 2. The molecule has 11 heteroatoms. The van der Waals surface area contributed by atoms with Gasteiger partial charge in [-0.3, -0.25) is 10.2 Å². The highest BCUT2D eigenvalue weighted by Gasteiger charge is 2.19. The van der Waals surface area contributed by atoms with Crippen molar-refractivity contribution in [3.8, 4) is 10.8 Å². The van der Waals surface area contributed by atoms with Gasteiger partial charge in [-0.1, -0.05) is 23.5 Å². The van der Waals surface area contributed by atoms with Crippen molar-refractivity contribution in [2.24, 2.45) is 0 Å². The van der Waals surface area contributed by atoms with Gasteiger partial charge in [-0.25, -0.2) is 27.3 Å². The predicted octanol–water partition coefficient (Wildman–Crippen LogP) is 3.96. The van der Waals surface area contributed by atoms with Crippen LogP contribution in [0.1, 0.15) is 5.56 Å². The summed E-state index contributed by atoms with van der Waals surface area (Å²) in [6.07, 6.45) is 1.41. The molecule has 0 aliphatic heterocycles. The van der Waals surface area contributed by atoms with Crippen molar-refractivity contribution in [3.63, 3.8) is 0 Å². The topological polar surface area (TPSA) is 101 Å². The zero-order chi connectivity index (χ0) is 21.9. The molecule has 0 fully saturated rings. The average molecular weight is 451 g/mol. The Labute approximate surface area is 177 Å².